The molecule has 2 atom stereocenters. The monoisotopic (exact) mass is 780 g/mol. The Hall–Kier alpha value is -2.17. The Bertz CT molecular complexity index is 977. The molecular weight excluding hydrogens is 687 g/mol. The smallest absolute Gasteiger partial charge is 0.220 e. The molecule has 0 spiro atoms. The van der Waals surface area contributed by atoms with Crippen LogP contribution in [0.1, 0.15) is 232 Å². The van der Waals surface area contributed by atoms with Gasteiger partial charge >= 0.3 is 0 Å². The first-order chi connectivity index (χ1) is 27.7. The topological polar surface area (TPSA) is 69.6 Å². The van der Waals surface area contributed by atoms with Crippen molar-refractivity contribution in [2.75, 3.05) is 6.61 Å². The lowest BCUT2D eigenvalue weighted by Crippen LogP contribution is -2.45. The summed E-state index contributed by atoms with van der Waals surface area (Å²) in [4.78, 5) is 12.4. The fourth-order valence-electron chi connectivity index (χ4n) is 7.03. The third-order valence-corrected chi connectivity index (χ3v) is 10.7. The number of amides is 1. The Kier molecular flexibility index (Phi) is 45.4. The van der Waals surface area contributed by atoms with Crippen molar-refractivity contribution in [2.45, 2.75) is 244 Å². The molecule has 0 heterocycles. The predicted molar refractivity (Wildman–Crippen MR) is 248 cm³/mol. The summed E-state index contributed by atoms with van der Waals surface area (Å²) in [5.41, 5.74) is 0. The second-order valence-electron chi connectivity index (χ2n) is 16.1. The second kappa shape index (κ2) is 47.2. The van der Waals surface area contributed by atoms with Gasteiger partial charge in [0, 0.05) is 6.42 Å². The van der Waals surface area contributed by atoms with Gasteiger partial charge in [-0.15, -0.1) is 0 Å². The van der Waals surface area contributed by atoms with Gasteiger partial charge in [-0.2, -0.15) is 0 Å². The van der Waals surface area contributed by atoms with Gasteiger partial charge in [0.25, 0.3) is 0 Å². The summed E-state index contributed by atoms with van der Waals surface area (Å²) in [6, 6.07) is -0.644. The van der Waals surface area contributed by atoms with E-state index in [1.165, 1.54) is 141 Å². The normalized spacial score (nSPS) is 13.6. The maximum Gasteiger partial charge on any atom is 0.220 e. The predicted octanol–water partition coefficient (Wildman–Crippen LogP) is 15.5. The van der Waals surface area contributed by atoms with Gasteiger partial charge in [0.1, 0.15) is 0 Å². The Morgan fingerprint density at radius 3 is 1.18 bits per heavy atom. The van der Waals surface area contributed by atoms with E-state index in [9.17, 15) is 15.0 Å². The fraction of sp³-hybridized carbons (Fsp3) is 0.750. The highest BCUT2D eigenvalue weighted by atomic mass is 16.3. The maximum atomic E-state index is 12.4. The molecule has 3 N–H and O–H groups in total. The lowest BCUT2D eigenvalue weighted by atomic mass is 10.0. The van der Waals surface area contributed by atoms with Crippen molar-refractivity contribution in [3.05, 3.63) is 72.9 Å². The van der Waals surface area contributed by atoms with Gasteiger partial charge in [-0.3, -0.25) is 4.79 Å². The number of hydrogen-bond acceptors (Lipinski definition) is 3. The van der Waals surface area contributed by atoms with E-state index in [4.69, 9.17) is 0 Å². The van der Waals surface area contributed by atoms with Crippen LogP contribution < -0.4 is 5.32 Å². The van der Waals surface area contributed by atoms with Gasteiger partial charge in [0.2, 0.25) is 5.91 Å². The Labute approximate surface area is 349 Å². The minimum absolute atomic E-state index is 0.0961. The maximum absolute atomic E-state index is 12.4. The van der Waals surface area contributed by atoms with Crippen LogP contribution in [0, 0.1) is 0 Å². The summed E-state index contributed by atoms with van der Waals surface area (Å²) in [5.74, 6) is -0.0961. The van der Waals surface area contributed by atoms with E-state index in [2.05, 4.69) is 79.9 Å². The zero-order valence-electron chi connectivity index (χ0n) is 37.1. The lowest BCUT2D eigenvalue weighted by molar-refractivity contribution is -0.123. The van der Waals surface area contributed by atoms with Crippen LogP contribution in [0.5, 0.6) is 0 Å². The molecule has 0 rings (SSSR count). The molecule has 0 aliphatic heterocycles. The Balaban J connectivity index is 3.60. The molecule has 2 unspecified atom stereocenters. The SMILES string of the molecule is CC/C=C\C/C=C\C/C=C\C/C=C\C/C=C\CCCCCC(=O)NC(CO)C(O)/C=C/CCCCCCCCCCCCCCCCCCCCCCCCC. The molecule has 324 valence electrons. The molecule has 0 aliphatic rings. The van der Waals surface area contributed by atoms with E-state index in [1.54, 1.807) is 6.08 Å². The summed E-state index contributed by atoms with van der Waals surface area (Å²) in [6.07, 6.45) is 67.4. The van der Waals surface area contributed by atoms with Crippen molar-refractivity contribution >= 4 is 5.91 Å². The standard InChI is InChI=1S/C52H93NO3/c1-3-5-7-9-11-13-15-17-19-21-23-24-25-26-27-28-30-31-33-35-37-39-41-43-45-47-51(55)50(49-54)53-52(56)48-46-44-42-40-38-36-34-32-29-22-20-18-16-14-12-10-8-6-4-2/h6,8,12,14,18,20,29,32,36,38,45,47,50-51,54-55H,3-5,7,9-11,13,15-17,19,21-28,30-31,33-35,37,39-44,46,48-49H2,1-2H3,(H,53,56)/b8-6-,14-12-,20-18-,32-29-,38-36-,47-45+. The summed E-state index contributed by atoms with van der Waals surface area (Å²) >= 11 is 0. The van der Waals surface area contributed by atoms with Crippen LogP contribution >= 0.6 is 0 Å². The number of carbonyl (C=O) groups is 1. The number of rotatable bonds is 43. The third-order valence-electron chi connectivity index (χ3n) is 10.7. The van der Waals surface area contributed by atoms with E-state index in [0.717, 1.165) is 70.6 Å². The van der Waals surface area contributed by atoms with Crippen LogP contribution in [0.25, 0.3) is 0 Å². The van der Waals surface area contributed by atoms with Gasteiger partial charge in [0.15, 0.2) is 0 Å². The quantitative estimate of drug-likeness (QED) is 0.0426. The molecule has 56 heavy (non-hydrogen) atoms. The molecule has 4 nitrogen and oxygen atoms in total. The molecular formula is C52H93NO3. The minimum Gasteiger partial charge on any atom is -0.394 e. The highest BCUT2D eigenvalue weighted by molar-refractivity contribution is 5.76. The number of carbonyl (C=O) groups excluding carboxylic acids is 1. The molecule has 0 aliphatic carbocycles. The highest BCUT2D eigenvalue weighted by Crippen LogP contribution is 2.16. The number of nitrogens with one attached hydrogen (secondary N) is 1. The van der Waals surface area contributed by atoms with Crippen LogP contribution in [-0.2, 0) is 4.79 Å². The Morgan fingerprint density at radius 1 is 0.446 bits per heavy atom. The van der Waals surface area contributed by atoms with Crippen molar-refractivity contribution in [3.8, 4) is 0 Å². The first kappa shape index (κ1) is 53.8. The number of allylic oxidation sites excluding steroid dienone is 11. The first-order valence-electron chi connectivity index (χ1n) is 24.2. The zero-order chi connectivity index (χ0) is 40.7. The summed E-state index contributed by atoms with van der Waals surface area (Å²) < 4.78 is 0. The number of hydrogen-bond donors (Lipinski definition) is 3. The summed E-state index contributed by atoms with van der Waals surface area (Å²) in [7, 11) is 0. The van der Waals surface area contributed by atoms with Crippen molar-refractivity contribution < 1.29 is 15.0 Å². The molecule has 0 aromatic carbocycles. The summed E-state index contributed by atoms with van der Waals surface area (Å²) in [6.45, 7) is 4.19. The van der Waals surface area contributed by atoms with Crippen LogP contribution in [0.2, 0.25) is 0 Å². The van der Waals surface area contributed by atoms with Gasteiger partial charge in [-0.05, 0) is 64.2 Å². The first-order valence-corrected chi connectivity index (χ1v) is 24.2. The highest BCUT2D eigenvalue weighted by Gasteiger charge is 2.17. The Morgan fingerprint density at radius 2 is 0.786 bits per heavy atom. The van der Waals surface area contributed by atoms with Crippen molar-refractivity contribution in [1.29, 1.82) is 0 Å². The van der Waals surface area contributed by atoms with Crippen molar-refractivity contribution in [2.24, 2.45) is 0 Å². The largest absolute Gasteiger partial charge is 0.394 e. The van der Waals surface area contributed by atoms with Crippen molar-refractivity contribution in [3.63, 3.8) is 0 Å². The number of aliphatic hydroxyl groups excluding tert-OH is 2. The molecule has 4 heteroatoms. The summed E-state index contributed by atoms with van der Waals surface area (Å²) in [5, 5.41) is 23.1. The van der Waals surface area contributed by atoms with Gasteiger partial charge in [0.05, 0.1) is 18.8 Å². The number of aliphatic hydroxyl groups is 2. The van der Waals surface area contributed by atoms with Crippen LogP contribution in [0.4, 0.5) is 0 Å². The second-order valence-corrected chi connectivity index (χ2v) is 16.1. The van der Waals surface area contributed by atoms with Gasteiger partial charge in [-0.25, -0.2) is 0 Å². The van der Waals surface area contributed by atoms with E-state index >= 15 is 0 Å². The van der Waals surface area contributed by atoms with Gasteiger partial charge in [-0.1, -0.05) is 234 Å². The molecule has 1 amide bonds. The lowest BCUT2D eigenvalue weighted by Gasteiger charge is -2.19. The van der Waals surface area contributed by atoms with Crippen molar-refractivity contribution in [1.82, 2.24) is 5.32 Å². The molecule has 0 aromatic rings. The minimum atomic E-state index is -0.858. The third kappa shape index (κ3) is 43.0. The van der Waals surface area contributed by atoms with Crippen LogP contribution in [0.3, 0.4) is 0 Å². The van der Waals surface area contributed by atoms with E-state index < -0.39 is 12.1 Å². The molecule has 0 bridgehead atoms. The fourth-order valence-corrected chi connectivity index (χ4v) is 7.03. The molecule has 0 aromatic heterocycles. The van der Waals surface area contributed by atoms with Gasteiger partial charge < -0.3 is 15.5 Å². The molecule has 0 fully saturated rings. The molecule has 0 saturated heterocycles. The van der Waals surface area contributed by atoms with E-state index in [1.807, 2.05) is 6.08 Å². The molecule has 0 saturated carbocycles. The van der Waals surface area contributed by atoms with E-state index in [0.29, 0.717) is 6.42 Å². The average Bonchev–Trinajstić information content (AvgIpc) is 3.20. The molecule has 0 radical (unpaired) electrons. The van der Waals surface area contributed by atoms with E-state index in [-0.39, 0.29) is 12.5 Å². The van der Waals surface area contributed by atoms with Crippen LogP contribution in [-0.4, -0.2) is 34.9 Å². The van der Waals surface area contributed by atoms with Crippen LogP contribution in [0.15, 0.2) is 72.9 Å². The number of unbranched alkanes of at least 4 members (excludes halogenated alkanes) is 26. The average molecular weight is 780 g/mol. The zero-order valence-corrected chi connectivity index (χ0v) is 37.1.